The molecule has 1 saturated heterocycles. The molecule has 2 aromatic rings. The van der Waals surface area contributed by atoms with Gasteiger partial charge >= 0.3 is 0 Å². The van der Waals surface area contributed by atoms with Crippen LogP contribution < -0.4 is 10.2 Å². The average Bonchev–Trinajstić information content (AvgIpc) is 2.63. The Morgan fingerprint density at radius 1 is 1.08 bits per heavy atom. The molecule has 0 saturated carbocycles. The highest BCUT2D eigenvalue weighted by atomic mass is 19.1. The molecule has 3 rings (SSSR count). The van der Waals surface area contributed by atoms with Crippen molar-refractivity contribution in [3.05, 3.63) is 64.0 Å². The van der Waals surface area contributed by atoms with Gasteiger partial charge in [0, 0.05) is 30.4 Å². The summed E-state index contributed by atoms with van der Waals surface area (Å²) in [6, 6.07) is 9.84. The van der Waals surface area contributed by atoms with E-state index in [1.165, 1.54) is 30.3 Å². The Kier molecular flexibility index (Phi) is 4.92. The van der Waals surface area contributed by atoms with E-state index in [2.05, 4.69) is 5.32 Å². The molecule has 0 radical (unpaired) electrons. The predicted molar refractivity (Wildman–Crippen MR) is 93.5 cm³/mol. The molecule has 0 unspecified atom stereocenters. The fraction of sp³-hybridized carbons (Fsp3) is 0.278. The first kappa shape index (κ1) is 16.9. The standard InChI is InChI=1S/C18H18FN3O3/c19-14-5-7-15(8-6-14)20-18(23)13-4-9-16(17(12-13)22(24)25)21-10-2-1-3-11-21/h4-9,12H,1-3,10-11H2,(H,20,23). The summed E-state index contributed by atoms with van der Waals surface area (Å²) in [4.78, 5) is 25.3. The van der Waals surface area contributed by atoms with Gasteiger partial charge in [-0.2, -0.15) is 0 Å². The van der Waals surface area contributed by atoms with Crippen LogP contribution in [0.2, 0.25) is 0 Å². The van der Waals surface area contributed by atoms with Crippen LogP contribution in [0.15, 0.2) is 42.5 Å². The number of carbonyl (C=O) groups excluding carboxylic acids is 1. The third-order valence-electron chi connectivity index (χ3n) is 4.23. The molecule has 0 aliphatic carbocycles. The van der Waals surface area contributed by atoms with E-state index < -0.39 is 16.6 Å². The fourth-order valence-electron chi connectivity index (χ4n) is 2.95. The summed E-state index contributed by atoms with van der Waals surface area (Å²) in [5.74, 6) is -0.876. The lowest BCUT2D eigenvalue weighted by Crippen LogP contribution is -2.30. The van der Waals surface area contributed by atoms with Crippen molar-refractivity contribution in [2.24, 2.45) is 0 Å². The molecule has 1 aliphatic heterocycles. The normalized spacial score (nSPS) is 14.2. The zero-order chi connectivity index (χ0) is 17.8. The van der Waals surface area contributed by atoms with Crippen LogP contribution in [0.3, 0.4) is 0 Å². The van der Waals surface area contributed by atoms with Gasteiger partial charge in [-0.1, -0.05) is 0 Å². The summed E-state index contributed by atoms with van der Waals surface area (Å²) in [7, 11) is 0. The molecule has 0 atom stereocenters. The average molecular weight is 343 g/mol. The Morgan fingerprint density at radius 2 is 1.76 bits per heavy atom. The van der Waals surface area contributed by atoms with Gasteiger partial charge < -0.3 is 10.2 Å². The van der Waals surface area contributed by atoms with Crippen molar-refractivity contribution in [1.82, 2.24) is 0 Å². The molecular formula is C18H18FN3O3. The van der Waals surface area contributed by atoms with Gasteiger partial charge in [0.25, 0.3) is 11.6 Å². The molecule has 130 valence electrons. The van der Waals surface area contributed by atoms with Crippen molar-refractivity contribution in [2.75, 3.05) is 23.3 Å². The Bertz CT molecular complexity index is 787. The summed E-state index contributed by atoms with van der Waals surface area (Å²) >= 11 is 0. The maximum atomic E-state index is 12.9. The van der Waals surface area contributed by atoms with E-state index in [4.69, 9.17) is 0 Å². The zero-order valence-corrected chi connectivity index (χ0v) is 13.6. The van der Waals surface area contributed by atoms with Crippen LogP contribution in [0.25, 0.3) is 0 Å². The van der Waals surface area contributed by atoms with Crippen molar-refractivity contribution in [1.29, 1.82) is 0 Å². The fourth-order valence-corrected chi connectivity index (χ4v) is 2.95. The third kappa shape index (κ3) is 3.93. The van der Waals surface area contributed by atoms with Crippen LogP contribution in [0.1, 0.15) is 29.6 Å². The molecule has 2 aromatic carbocycles. The van der Waals surface area contributed by atoms with E-state index in [1.807, 2.05) is 4.90 Å². The largest absolute Gasteiger partial charge is 0.366 e. The minimum atomic E-state index is -0.472. The van der Waals surface area contributed by atoms with E-state index in [-0.39, 0.29) is 11.3 Å². The highest BCUT2D eigenvalue weighted by Crippen LogP contribution is 2.31. The zero-order valence-electron chi connectivity index (χ0n) is 13.6. The molecule has 1 aliphatic rings. The number of nitro benzene ring substituents is 1. The van der Waals surface area contributed by atoms with Crippen LogP contribution in [-0.2, 0) is 0 Å². The van der Waals surface area contributed by atoms with E-state index in [0.717, 1.165) is 32.4 Å². The molecule has 1 fully saturated rings. The van der Waals surface area contributed by atoms with Gasteiger partial charge in [-0.3, -0.25) is 14.9 Å². The van der Waals surface area contributed by atoms with Gasteiger partial charge in [-0.15, -0.1) is 0 Å². The Labute approximate surface area is 144 Å². The molecule has 7 heteroatoms. The van der Waals surface area contributed by atoms with Gasteiger partial charge in [0.2, 0.25) is 0 Å². The number of anilines is 2. The van der Waals surface area contributed by atoms with Crippen molar-refractivity contribution < 1.29 is 14.1 Å². The smallest absolute Gasteiger partial charge is 0.293 e. The SMILES string of the molecule is O=C(Nc1ccc(F)cc1)c1ccc(N2CCCCC2)c([N+](=O)[O-])c1. The molecule has 0 aromatic heterocycles. The van der Waals surface area contributed by atoms with Crippen molar-refractivity contribution in [2.45, 2.75) is 19.3 Å². The lowest BCUT2D eigenvalue weighted by molar-refractivity contribution is -0.384. The number of hydrogen-bond donors (Lipinski definition) is 1. The van der Waals surface area contributed by atoms with Crippen LogP contribution in [0, 0.1) is 15.9 Å². The first-order chi connectivity index (χ1) is 12.0. The minimum Gasteiger partial charge on any atom is -0.366 e. The number of nitrogens with zero attached hydrogens (tertiary/aromatic N) is 2. The van der Waals surface area contributed by atoms with E-state index in [0.29, 0.717) is 11.4 Å². The molecule has 0 bridgehead atoms. The highest BCUT2D eigenvalue weighted by molar-refractivity contribution is 6.05. The number of hydrogen-bond acceptors (Lipinski definition) is 4. The number of rotatable bonds is 4. The molecule has 0 spiro atoms. The molecule has 25 heavy (non-hydrogen) atoms. The Morgan fingerprint density at radius 3 is 2.40 bits per heavy atom. The highest BCUT2D eigenvalue weighted by Gasteiger charge is 2.23. The summed E-state index contributed by atoms with van der Waals surface area (Å²) < 4.78 is 12.9. The van der Waals surface area contributed by atoms with Gasteiger partial charge in [-0.25, -0.2) is 4.39 Å². The summed E-state index contributed by atoms with van der Waals surface area (Å²) in [5.41, 5.74) is 1.09. The molecule has 1 N–H and O–H groups in total. The number of nitrogens with one attached hydrogen (secondary N) is 1. The number of carbonyl (C=O) groups is 1. The Balaban J connectivity index is 1.84. The van der Waals surface area contributed by atoms with Crippen LogP contribution in [0.5, 0.6) is 0 Å². The van der Waals surface area contributed by atoms with Crippen LogP contribution in [0.4, 0.5) is 21.5 Å². The topological polar surface area (TPSA) is 75.5 Å². The molecule has 1 amide bonds. The van der Waals surface area contributed by atoms with Crippen molar-refractivity contribution in [3.63, 3.8) is 0 Å². The van der Waals surface area contributed by atoms with Crippen molar-refractivity contribution >= 4 is 23.0 Å². The van der Waals surface area contributed by atoms with E-state index >= 15 is 0 Å². The van der Waals surface area contributed by atoms with Gasteiger partial charge in [0.1, 0.15) is 11.5 Å². The summed E-state index contributed by atoms with van der Waals surface area (Å²) in [6.07, 6.45) is 3.14. The third-order valence-corrected chi connectivity index (χ3v) is 4.23. The predicted octanol–water partition coefficient (Wildman–Crippen LogP) is 3.98. The van der Waals surface area contributed by atoms with Gasteiger partial charge in [0.15, 0.2) is 0 Å². The number of halogens is 1. The molecule has 6 nitrogen and oxygen atoms in total. The number of amides is 1. The second-order valence-electron chi connectivity index (χ2n) is 5.97. The van der Waals surface area contributed by atoms with E-state index in [1.54, 1.807) is 12.1 Å². The number of benzene rings is 2. The first-order valence-electron chi connectivity index (χ1n) is 8.15. The van der Waals surface area contributed by atoms with E-state index in [9.17, 15) is 19.3 Å². The van der Waals surface area contributed by atoms with Gasteiger partial charge in [-0.05, 0) is 55.7 Å². The second kappa shape index (κ2) is 7.29. The van der Waals surface area contributed by atoms with Crippen LogP contribution >= 0.6 is 0 Å². The lowest BCUT2D eigenvalue weighted by Gasteiger charge is -2.28. The molecule has 1 heterocycles. The lowest BCUT2D eigenvalue weighted by atomic mass is 10.1. The number of nitro groups is 1. The Hall–Kier alpha value is -2.96. The van der Waals surface area contributed by atoms with Crippen molar-refractivity contribution in [3.8, 4) is 0 Å². The van der Waals surface area contributed by atoms with Gasteiger partial charge in [0.05, 0.1) is 4.92 Å². The van der Waals surface area contributed by atoms with Crippen LogP contribution in [-0.4, -0.2) is 23.9 Å². The first-order valence-corrected chi connectivity index (χ1v) is 8.15. The monoisotopic (exact) mass is 343 g/mol. The maximum absolute atomic E-state index is 12.9. The summed E-state index contributed by atoms with van der Waals surface area (Å²) in [6.45, 7) is 1.56. The number of piperidine rings is 1. The molecular weight excluding hydrogens is 325 g/mol. The minimum absolute atomic E-state index is 0.0753. The summed E-state index contributed by atoms with van der Waals surface area (Å²) in [5, 5.41) is 14.0. The quantitative estimate of drug-likeness (QED) is 0.673. The second-order valence-corrected chi connectivity index (χ2v) is 5.97. The maximum Gasteiger partial charge on any atom is 0.293 e.